The molecule has 2 heterocycles. The molecule has 4 aromatic rings. The molecule has 0 atom stereocenters. The van der Waals surface area contributed by atoms with Crippen LogP contribution in [-0.4, -0.2) is 22.4 Å². The van der Waals surface area contributed by atoms with E-state index < -0.39 is 0 Å². The summed E-state index contributed by atoms with van der Waals surface area (Å²) in [6.07, 6.45) is 4.81. The van der Waals surface area contributed by atoms with Gasteiger partial charge in [0.15, 0.2) is 0 Å². The van der Waals surface area contributed by atoms with Gasteiger partial charge in [-0.2, -0.15) is 5.10 Å². The van der Waals surface area contributed by atoms with E-state index in [2.05, 4.69) is 32.3 Å². The zero-order valence-electron chi connectivity index (χ0n) is 14.8. The summed E-state index contributed by atoms with van der Waals surface area (Å²) >= 11 is 1.59. The maximum Gasteiger partial charge on any atom is 0.204 e. The van der Waals surface area contributed by atoms with E-state index in [1.165, 1.54) is 0 Å². The summed E-state index contributed by atoms with van der Waals surface area (Å²) < 4.78 is 9.06. The molecule has 5 nitrogen and oxygen atoms in total. The lowest BCUT2D eigenvalue weighted by Gasteiger charge is -2.08. The van der Waals surface area contributed by atoms with Crippen LogP contribution >= 0.6 is 11.3 Å². The Balaban J connectivity index is 1.29. The fourth-order valence-corrected chi connectivity index (χ4v) is 3.58. The lowest BCUT2D eigenvalue weighted by atomic mass is 10.3. The van der Waals surface area contributed by atoms with Crippen molar-refractivity contribution in [1.82, 2.24) is 9.55 Å². The van der Waals surface area contributed by atoms with Crippen LogP contribution in [0.4, 0.5) is 5.13 Å². The molecular weight excluding hydrogens is 356 g/mol. The van der Waals surface area contributed by atoms with Gasteiger partial charge in [0.1, 0.15) is 5.75 Å². The number of thiazole rings is 1. The molecule has 0 saturated carbocycles. The van der Waals surface area contributed by atoms with E-state index in [0.29, 0.717) is 6.61 Å². The minimum atomic E-state index is 0.683. The Morgan fingerprint density at radius 3 is 2.78 bits per heavy atom. The molecule has 0 aliphatic heterocycles. The molecule has 0 saturated heterocycles. The average Bonchev–Trinajstić information content (AvgIpc) is 3.32. The number of aryl methyl sites for hydroxylation is 1. The molecule has 0 spiro atoms. The zero-order valence-corrected chi connectivity index (χ0v) is 15.6. The quantitative estimate of drug-likeness (QED) is 0.267. The minimum Gasteiger partial charge on any atom is -0.494 e. The van der Waals surface area contributed by atoms with Gasteiger partial charge in [0.25, 0.3) is 0 Å². The molecule has 1 N–H and O–H groups in total. The molecule has 2 aromatic heterocycles. The average molecular weight is 376 g/mol. The lowest BCUT2D eigenvalue weighted by molar-refractivity contribution is 0.302. The van der Waals surface area contributed by atoms with Gasteiger partial charge in [0, 0.05) is 12.7 Å². The van der Waals surface area contributed by atoms with Crippen molar-refractivity contribution in [1.29, 1.82) is 0 Å². The van der Waals surface area contributed by atoms with Gasteiger partial charge in [0.05, 0.1) is 28.7 Å². The second kappa shape index (κ2) is 8.51. The summed E-state index contributed by atoms with van der Waals surface area (Å²) in [6.45, 7) is 1.56. The van der Waals surface area contributed by atoms with Crippen molar-refractivity contribution in [3.63, 3.8) is 0 Å². The highest BCUT2D eigenvalue weighted by Crippen LogP contribution is 2.25. The number of fused-ring (bicyclic) bond motifs is 1. The zero-order chi connectivity index (χ0) is 18.3. The number of benzene rings is 2. The summed E-state index contributed by atoms with van der Waals surface area (Å²) in [5, 5.41) is 5.13. The summed E-state index contributed by atoms with van der Waals surface area (Å²) in [5.74, 6) is 0.909. The first-order valence-electron chi connectivity index (χ1n) is 8.86. The Bertz CT molecular complexity index is 990. The lowest BCUT2D eigenvalue weighted by Crippen LogP contribution is -2.06. The van der Waals surface area contributed by atoms with Gasteiger partial charge in [0.2, 0.25) is 5.13 Å². The minimum absolute atomic E-state index is 0.683. The van der Waals surface area contributed by atoms with E-state index in [1.807, 2.05) is 66.9 Å². The summed E-state index contributed by atoms with van der Waals surface area (Å²) in [4.78, 5) is 4.51. The largest absolute Gasteiger partial charge is 0.494 e. The van der Waals surface area contributed by atoms with E-state index in [9.17, 15) is 0 Å². The number of aromatic nitrogens is 2. The molecule has 0 aliphatic carbocycles. The van der Waals surface area contributed by atoms with Crippen LogP contribution in [0.5, 0.6) is 5.75 Å². The van der Waals surface area contributed by atoms with Crippen LogP contribution in [-0.2, 0) is 6.54 Å². The summed E-state index contributed by atoms with van der Waals surface area (Å²) in [6, 6.07) is 22.0. The normalized spacial score (nSPS) is 11.3. The van der Waals surface area contributed by atoms with Crippen LogP contribution in [0.2, 0.25) is 0 Å². The highest BCUT2D eigenvalue weighted by molar-refractivity contribution is 7.22. The number of rotatable bonds is 8. The van der Waals surface area contributed by atoms with E-state index in [1.54, 1.807) is 11.3 Å². The topological polar surface area (TPSA) is 51.4 Å². The number of anilines is 1. The third-order valence-corrected chi connectivity index (χ3v) is 5.01. The predicted octanol–water partition coefficient (Wildman–Crippen LogP) is 5.01. The van der Waals surface area contributed by atoms with E-state index in [0.717, 1.165) is 39.8 Å². The van der Waals surface area contributed by atoms with Crippen molar-refractivity contribution in [3.8, 4) is 5.75 Å². The van der Waals surface area contributed by atoms with Crippen molar-refractivity contribution < 1.29 is 4.74 Å². The molecule has 6 heteroatoms. The highest BCUT2D eigenvalue weighted by Gasteiger charge is 2.02. The molecule has 2 aromatic carbocycles. The molecule has 0 aliphatic rings. The molecule has 0 bridgehead atoms. The Hall–Kier alpha value is -3.12. The van der Waals surface area contributed by atoms with Crippen molar-refractivity contribution in [2.45, 2.75) is 13.0 Å². The molecule has 4 rings (SSSR count). The third-order valence-electron chi connectivity index (χ3n) is 4.07. The first-order chi connectivity index (χ1) is 13.4. The van der Waals surface area contributed by atoms with E-state index in [4.69, 9.17) is 4.74 Å². The summed E-state index contributed by atoms with van der Waals surface area (Å²) in [7, 11) is 0. The van der Waals surface area contributed by atoms with Crippen LogP contribution in [0.25, 0.3) is 10.2 Å². The number of nitrogens with one attached hydrogen (secondary N) is 1. The maximum atomic E-state index is 5.75. The fraction of sp³-hybridized carbons (Fsp3) is 0.143. The highest BCUT2D eigenvalue weighted by atomic mass is 32.1. The van der Waals surface area contributed by atoms with Crippen LogP contribution in [0.15, 0.2) is 78.0 Å². The Morgan fingerprint density at radius 2 is 1.89 bits per heavy atom. The molecule has 0 unspecified atom stereocenters. The van der Waals surface area contributed by atoms with Gasteiger partial charge < -0.3 is 9.30 Å². The smallest absolute Gasteiger partial charge is 0.204 e. The monoisotopic (exact) mass is 376 g/mol. The second-order valence-corrected chi connectivity index (χ2v) is 7.03. The predicted molar refractivity (Wildman–Crippen MR) is 112 cm³/mol. The fourth-order valence-electron chi connectivity index (χ4n) is 2.76. The second-order valence-electron chi connectivity index (χ2n) is 6.00. The molecule has 0 radical (unpaired) electrons. The van der Waals surface area contributed by atoms with E-state index >= 15 is 0 Å². The standard InChI is InChI=1S/C21H20N4OS/c1-2-9-18(10-3-1)26-15-7-14-25-13-6-8-17(25)16-22-24-21-23-19-11-4-5-12-20(19)27-21/h1-6,8-13,16H,7,14-15H2,(H,23,24)/b22-16-. The Kier molecular flexibility index (Phi) is 5.45. The van der Waals surface area contributed by atoms with Crippen LogP contribution in [0.3, 0.4) is 0 Å². The molecule has 136 valence electrons. The number of hydrogen-bond donors (Lipinski definition) is 1. The van der Waals surface area contributed by atoms with Crippen molar-refractivity contribution in [2.75, 3.05) is 12.0 Å². The van der Waals surface area contributed by atoms with Crippen LogP contribution in [0.1, 0.15) is 12.1 Å². The van der Waals surface area contributed by atoms with Crippen LogP contribution in [0, 0.1) is 0 Å². The van der Waals surface area contributed by atoms with Gasteiger partial charge in [-0.05, 0) is 42.8 Å². The molecule has 27 heavy (non-hydrogen) atoms. The number of nitrogens with zero attached hydrogens (tertiary/aromatic N) is 3. The third kappa shape index (κ3) is 4.54. The molecule has 0 amide bonds. The van der Waals surface area contributed by atoms with Crippen LogP contribution < -0.4 is 10.2 Å². The number of para-hydroxylation sites is 2. The number of hydrogen-bond acceptors (Lipinski definition) is 5. The Morgan fingerprint density at radius 1 is 1.04 bits per heavy atom. The van der Waals surface area contributed by atoms with Gasteiger partial charge in [-0.15, -0.1) is 0 Å². The van der Waals surface area contributed by atoms with E-state index in [-0.39, 0.29) is 0 Å². The maximum absolute atomic E-state index is 5.75. The summed E-state index contributed by atoms with van der Waals surface area (Å²) in [5.41, 5.74) is 5.06. The number of ether oxygens (including phenoxy) is 1. The first kappa shape index (κ1) is 17.3. The van der Waals surface area contributed by atoms with Crippen molar-refractivity contribution in [2.24, 2.45) is 5.10 Å². The van der Waals surface area contributed by atoms with Crippen molar-refractivity contribution >= 4 is 32.9 Å². The van der Waals surface area contributed by atoms with Gasteiger partial charge >= 0.3 is 0 Å². The Labute approximate surface area is 161 Å². The number of hydrazone groups is 1. The van der Waals surface area contributed by atoms with Crippen molar-refractivity contribution in [3.05, 3.63) is 78.6 Å². The molecule has 0 fully saturated rings. The molecular formula is C21H20N4OS. The van der Waals surface area contributed by atoms with Gasteiger partial charge in [-0.1, -0.05) is 41.7 Å². The SMILES string of the molecule is C(=N/Nc1nc2ccccc2s1)/c1cccn1CCCOc1ccccc1. The van der Waals surface area contributed by atoms with Gasteiger partial charge in [-0.3, -0.25) is 5.43 Å². The first-order valence-corrected chi connectivity index (χ1v) is 9.68. The van der Waals surface area contributed by atoms with Gasteiger partial charge in [-0.25, -0.2) is 4.98 Å².